The Morgan fingerprint density at radius 2 is 1.64 bits per heavy atom. The van der Waals surface area contributed by atoms with Crippen molar-refractivity contribution in [1.29, 1.82) is 0 Å². The first-order chi connectivity index (χ1) is 17.2. The van der Waals surface area contributed by atoms with Crippen LogP contribution >= 0.6 is 34.5 Å². The maximum atomic E-state index is 13.4. The van der Waals surface area contributed by atoms with E-state index in [0.717, 1.165) is 21.5 Å². The molecular weight excluding hydrogens is 535 g/mol. The minimum absolute atomic E-state index is 0.119. The molecule has 0 spiro atoms. The number of hydrogen-bond acceptors (Lipinski definition) is 5. The van der Waals surface area contributed by atoms with Gasteiger partial charge in [-0.05, 0) is 71.8 Å². The van der Waals surface area contributed by atoms with Crippen molar-refractivity contribution in [1.82, 2.24) is 4.98 Å². The third-order valence-electron chi connectivity index (χ3n) is 5.57. The molecule has 5 rings (SSSR count). The monoisotopic (exact) mass is 552 g/mol. The normalized spacial score (nSPS) is 11.5. The number of sulfone groups is 1. The van der Waals surface area contributed by atoms with Crippen molar-refractivity contribution in [3.05, 3.63) is 101 Å². The smallest absolute Gasteiger partial charge is 0.256 e. The molecule has 0 unspecified atom stereocenters. The van der Waals surface area contributed by atoms with Gasteiger partial charge in [0.15, 0.2) is 9.84 Å². The molecule has 1 aromatic heterocycles. The standard InChI is InChI=1S/C27H18Cl2N2O3S2/c1-36(33,34)19-11-12-20(21(15-19)16-6-8-17(28)9-7-16)26(32)30-18-10-13-23(29)22(14-18)27-31-24-4-2-3-5-25(24)35-27/h2-15H,1H3,(H,30,32). The van der Waals surface area contributed by atoms with Gasteiger partial charge < -0.3 is 5.32 Å². The van der Waals surface area contributed by atoms with Gasteiger partial charge >= 0.3 is 0 Å². The summed E-state index contributed by atoms with van der Waals surface area (Å²) >= 11 is 14.0. The number of halogens is 2. The molecular formula is C27H18Cl2N2O3S2. The lowest BCUT2D eigenvalue weighted by Crippen LogP contribution is -2.14. The average Bonchev–Trinajstić information content (AvgIpc) is 3.29. The van der Waals surface area contributed by atoms with E-state index in [1.807, 2.05) is 24.3 Å². The Morgan fingerprint density at radius 3 is 2.36 bits per heavy atom. The van der Waals surface area contributed by atoms with Gasteiger partial charge in [0.1, 0.15) is 5.01 Å². The molecule has 9 heteroatoms. The summed E-state index contributed by atoms with van der Waals surface area (Å²) in [4.78, 5) is 18.2. The highest BCUT2D eigenvalue weighted by atomic mass is 35.5. The Morgan fingerprint density at radius 1 is 0.889 bits per heavy atom. The van der Waals surface area contributed by atoms with Gasteiger partial charge in [0.05, 0.1) is 20.1 Å². The van der Waals surface area contributed by atoms with Gasteiger partial charge in [0.2, 0.25) is 0 Å². The molecule has 0 aliphatic rings. The molecule has 0 atom stereocenters. The molecule has 0 fully saturated rings. The quantitative estimate of drug-likeness (QED) is 0.243. The number of amides is 1. The van der Waals surface area contributed by atoms with E-state index in [2.05, 4.69) is 10.3 Å². The summed E-state index contributed by atoms with van der Waals surface area (Å²) in [6, 6.07) is 24.3. The third kappa shape index (κ3) is 5.01. The number of benzene rings is 4. The molecule has 0 radical (unpaired) electrons. The van der Waals surface area contributed by atoms with E-state index in [4.69, 9.17) is 23.2 Å². The van der Waals surface area contributed by atoms with Gasteiger partial charge in [-0.25, -0.2) is 13.4 Å². The van der Waals surface area contributed by atoms with Crippen LogP contribution in [0, 0.1) is 0 Å². The highest BCUT2D eigenvalue weighted by Gasteiger charge is 2.18. The van der Waals surface area contributed by atoms with Crippen LogP contribution in [0.1, 0.15) is 10.4 Å². The lowest BCUT2D eigenvalue weighted by atomic mass is 9.99. The number of nitrogens with one attached hydrogen (secondary N) is 1. The van der Waals surface area contributed by atoms with E-state index in [9.17, 15) is 13.2 Å². The van der Waals surface area contributed by atoms with Crippen molar-refractivity contribution >= 4 is 66.2 Å². The number of thiazole rings is 1. The molecule has 1 N–H and O–H groups in total. The maximum Gasteiger partial charge on any atom is 0.256 e. The second-order valence-electron chi connectivity index (χ2n) is 8.12. The Balaban J connectivity index is 1.52. The number of hydrogen-bond donors (Lipinski definition) is 1. The van der Waals surface area contributed by atoms with Crippen molar-refractivity contribution in [2.24, 2.45) is 0 Å². The molecule has 0 aliphatic heterocycles. The first kappa shape index (κ1) is 24.5. The lowest BCUT2D eigenvalue weighted by Gasteiger charge is -2.13. The Labute approximate surface area is 222 Å². The van der Waals surface area contributed by atoms with E-state index >= 15 is 0 Å². The summed E-state index contributed by atoms with van der Waals surface area (Å²) in [6.07, 6.45) is 1.13. The van der Waals surface area contributed by atoms with Gasteiger partial charge in [0.25, 0.3) is 5.91 Å². The van der Waals surface area contributed by atoms with Crippen LogP contribution in [0.5, 0.6) is 0 Å². The highest BCUT2D eigenvalue weighted by molar-refractivity contribution is 7.90. The van der Waals surface area contributed by atoms with Gasteiger partial charge in [-0.15, -0.1) is 11.3 Å². The molecule has 0 aliphatic carbocycles. The van der Waals surface area contributed by atoms with Gasteiger partial charge in [-0.3, -0.25) is 4.79 Å². The zero-order valence-electron chi connectivity index (χ0n) is 18.8. The van der Waals surface area contributed by atoms with Crippen LogP contribution in [0.4, 0.5) is 5.69 Å². The van der Waals surface area contributed by atoms with Crippen LogP contribution in [0.3, 0.4) is 0 Å². The van der Waals surface area contributed by atoms with Gasteiger partial charge in [-0.2, -0.15) is 0 Å². The summed E-state index contributed by atoms with van der Waals surface area (Å²) in [7, 11) is -3.47. The highest BCUT2D eigenvalue weighted by Crippen LogP contribution is 2.36. The number of para-hydroxylation sites is 1. The fourth-order valence-corrected chi connectivity index (χ4v) is 5.81. The first-order valence-electron chi connectivity index (χ1n) is 10.8. The van der Waals surface area contributed by atoms with Crippen LogP contribution in [-0.4, -0.2) is 25.6 Å². The first-order valence-corrected chi connectivity index (χ1v) is 14.2. The van der Waals surface area contributed by atoms with Crippen LogP contribution in [-0.2, 0) is 9.84 Å². The van der Waals surface area contributed by atoms with Gasteiger partial charge in [0, 0.05) is 28.1 Å². The largest absolute Gasteiger partial charge is 0.322 e. The van der Waals surface area contributed by atoms with Crippen LogP contribution < -0.4 is 5.32 Å². The molecule has 5 nitrogen and oxygen atoms in total. The molecule has 0 saturated heterocycles. The molecule has 4 aromatic carbocycles. The summed E-state index contributed by atoms with van der Waals surface area (Å²) in [5.74, 6) is -0.391. The number of anilines is 1. The fourth-order valence-electron chi connectivity index (χ4n) is 3.77. The molecule has 36 heavy (non-hydrogen) atoms. The van der Waals surface area contributed by atoms with Crippen molar-refractivity contribution < 1.29 is 13.2 Å². The van der Waals surface area contributed by atoms with E-state index in [1.165, 1.54) is 29.5 Å². The Hall–Kier alpha value is -3.23. The van der Waals surface area contributed by atoms with Crippen LogP contribution in [0.15, 0.2) is 89.8 Å². The maximum absolute atomic E-state index is 13.4. The van der Waals surface area contributed by atoms with Crippen molar-refractivity contribution in [2.75, 3.05) is 11.6 Å². The summed E-state index contributed by atoms with van der Waals surface area (Å²) in [5.41, 5.74) is 3.59. The number of nitrogens with zero attached hydrogens (tertiary/aromatic N) is 1. The molecule has 0 bridgehead atoms. The average molecular weight is 553 g/mol. The zero-order chi connectivity index (χ0) is 25.4. The molecule has 1 heterocycles. The SMILES string of the molecule is CS(=O)(=O)c1ccc(C(=O)Nc2ccc(Cl)c(-c3nc4ccccc4s3)c2)c(-c2ccc(Cl)cc2)c1. The second kappa shape index (κ2) is 9.67. The number of rotatable bonds is 5. The van der Waals surface area contributed by atoms with E-state index in [0.29, 0.717) is 38.0 Å². The topological polar surface area (TPSA) is 76.1 Å². The van der Waals surface area contributed by atoms with Crippen LogP contribution in [0.25, 0.3) is 31.9 Å². The Kier molecular flexibility index (Phi) is 6.57. The van der Waals surface area contributed by atoms with Crippen molar-refractivity contribution in [3.63, 3.8) is 0 Å². The van der Waals surface area contributed by atoms with Gasteiger partial charge in [-0.1, -0.05) is 47.5 Å². The van der Waals surface area contributed by atoms with Crippen molar-refractivity contribution in [3.8, 4) is 21.7 Å². The van der Waals surface area contributed by atoms with Crippen LogP contribution in [0.2, 0.25) is 10.0 Å². The predicted octanol–water partition coefficient (Wildman–Crippen LogP) is 7.59. The second-order valence-corrected chi connectivity index (χ2v) is 12.0. The minimum atomic E-state index is -3.47. The lowest BCUT2D eigenvalue weighted by molar-refractivity contribution is 0.102. The number of carbonyl (C=O) groups is 1. The van der Waals surface area contributed by atoms with Crippen molar-refractivity contribution in [2.45, 2.75) is 4.90 Å². The molecule has 0 saturated carbocycles. The zero-order valence-corrected chi connectivity index (χ0v) is 22.0. The van der Waals surface area contributed by atoms with E-state index < -0.39 is 15.7 Å². The molecule has 180 valence electrons. The minimum Gasteiger partial charge on any atom is -0.322 e. The molecule has 1 amide bonds. The summed E-state index contributed by atoms with van der Waals surface area (Å²) in [6.45, 7) is 0. The summed E-state index contributed by atoms with van der Waals surface area (Å²) < 4.78 is 25.4. The van der Waals surface area contributed by atoms with E-state index in [1.54, 1.807) is 42.5 Å². The number of aromatic nitrogens is 1. The number of carbonyl (C=O) groups excluding carboxylic acids is 1. The Bertz CT molecular complexity index is 1700. The predicted molar refractivity (Wildman–Crippen MR) is 148 cm³/mol. The third-order valence-corrected chi connectivity index (χ3v) is 8.33. The number of fused-ring (bicyclic) bond motifs is 1. The van der Waals surface area contributed by atoms with E-state index in [-0.39, 0.29) is 4.90 Å². The molecule has 5 aromatic rings. The summed E-state index contributed by atoms with van der Waals surface area (Å²) in [5, 5.41) is 4.71. The fraction of sp³-hybridized carbons (Fsp3) is 0.0370.